The molecule has 276 valence electrons. The monoisotopic (exact) mass is 713 g/mol. The standard InChI is InChI=1S/C37H55N5O7S/c1-8-23(4)32(41-33(44)28-16-12-13-17-38-28)36(46)42(7)30(22(2)3)20-31(49-25(6)43)35-40-29(21-50-35)34(45)39-27(18-24(5)37(47)48)19-26-14-10-9-11-15-26/h9-11,14-15,21-24,27-28,30-32,38H,8,12-13,16-20H2,1-7H3,(H,39,45)(H,41,44)(H,47,48)/t23-,24-,27+,28-,30+,31+,32+/m0/s1. The second-order valence-corrected chi connectivity index (χ2v) is 14.8. The Bertz CT molecular complexity index is 1430. The van der Waals surface area contributed by atoms with Crippen molar-refractivity contribution in [3.63, 3.8) is 0 Å². The average Bonchev–Trinajstić information content (AvgIpc) is 3.59. The number of nitrogens with one attached hydrogen (secondary N) is 3. The van der Waals surface area contributed by atoms with Crippen molar-refractivity contribution in [2.24, 2.45) is 17.8 Å². The summed E-state index contributed by atoms with van der Waals surface area (Å²) >= 11 is 1.18. The molecule has 0 spiro atoms. The van der Waals surface area contributed by atoms with E-state index in [-0.39, 0.29) is 48.2 Å². The van der Waals surface area contributed by atoms with Gasteiger partial charge in [-0.15, -0.1) is 11.3 Å². The molecule has 0 radical (unpaired) electrons. The van der Waals surface area contributed by atoms with E-state index >= 15 is 0 Å². The number of carboxylic acid groups (broad SMARTS) is 1. The summed E-state index contributed by atoms with van der Waals surface area (Å²) in [5.74, 6) is -3.15. The molecule has 50 heavy (non-hydrogen) atoms. The van der Waals surface area contributed by atoms with Gasteiger partial charge in [-0.3, -0.25) is 24.0 Å². The Hall–Kier alpha value is -3.84. The first-order valence-corrected chi connectivity index (χ1v) is 18.6. The van der Waals surface area contributed by atoms with Gasteiger partial charge in [0.1, 0.15) is 16.7 Å². The van der Waals surface area contributed by atoms with Crippen molar-refractivity contribution in [2.45, 2.75) is 117 Å². The third kappa shape index (κ3) is 11.9. The molecule has 2 heterocycles. The number of rotatable bonds is 18. The summed E-state index contributed by atoms with van der Waals surface area (Å²) in [6.45, 7) is 11.6. The number of thiazole rings is 1. The first-order valence-electron chi connectivity index (χ1n) is 17.7. The molecule has 0 unspecified atom stereocenters. The van der Waals surface area contributed by atoms with Crippen LogP contribution in [0.5, 0.6) is 0 Å². The van der Waals surface area contributed by atoms with E-state index in [1.807, 2.05) is 58.0 Å². The summed E-state index contributed by atoms with van der Waals surface area (Å²) < 4.78 is 5.75. The highest BCUT2D eigenvalue weighted by Crippen LogP contribution is 2.31. The highest BCUT2D eigenvalue weighted by Gasteiger charge is 2.36. The Morgan fingerprint density at radius 1 is 1.06 bits per heavy atom. The smallest absolute Gasteiger partial charge is 0.306 e. The number of amides is 3. The fraction of sp³-hybridized carbons (Fsp3) is 0.622. The van der Waals surface area contributed by atoms with Crippen molar-refractivity contribution in [3.8, 4) is 0 Å². The number of likely N-dealkylation sites (N-methyl/N-ethyl adjacent to an activating group) is 1. The summed E-state index contributed by atoms with van der Waals surface area (Å²) in [6.07, 6.45) is 3.46. The van der Waals surface area contributed by atoms with E-state index < -0.39 is 48.0 Å². The van der Waals surface area contributed by atoms with Crippen LogP contribution in [-0.2, 0) is 30.3 Å². The fourth-order valence-corrected chi connectivity index (χ4v) is 7.15. The molecule has 1 fully saturated rings. The van der Waals surface area contributed by atoms with Crippen molar-refractivity contribution in [1.29, 1.82) is 0 Å². The fourth-order valence-electron chi connectivity index (χ4n) is 6.31. The van der Waals surface area contributed by atoms with E-state index in [0.717, 1.165) is 31.4 Å². The van der Waals surface area contributed by atoms with Crippen molar-refractivity contribution in [2.75, 3.05) is 13.6 Å². The number of piperidine rings is 1. The summed E-state index contributed by atoms with van der Waals surface area (Å²) in [4.78, 5) is 70.8. The first-order chi connectivity index (χ1) is 23.7. The van der Waals surface area contributed by atoms with Gasteiger partial charge in [0.15, 0.2) is 6.10 Å². The van der Waals surface area contributed by atoms with Crippen molar-refractivity contribution >= 4 is 41.0 Å². The average molecular weight is 714 g/mol. The van der Waals surface area contributed by atoms with Crippen LogP contribution in [0.4, 0.5) is 0 Å². The van der Waals surface area contributed by atoms with Crippen LogP contribution in [0.1, 0.15) is 107 Å². The second-order valence-electron chi connectivity index (χ2n) is 13.9. The van der Waals surface area contributed by atoms with Crippen molar-refractivity contribution < 1.29 is 33.8 Å². The van der Waals surface area contributed by atoms with Crippen LogP contribution in [0.2, 0.25) is 0 Å². The minimum atomic E-state index is -0.945. The van der Waals surface area contributed by atoms with Crippen LogP contribution >= 0.6 is 11.3 Å². The maximum absolute atomic E-state index is 14.1. The molecular formula is C37H55N5O7S. The van der Waals surface area contributed by atoms with E-state index in [2.05, 4.69) is 20.9 Å². The van der Waals surface area contributed by atoms with Crippen LogP contribution < -0.4 is 16.0 Å². The molecule has 0 bridgehead atoms. The molecule has 1 aromatic heterocycles. The summed E-state index contributed by atoms with van der Waals surface area (Å²) in [7, 11) is 1.71. The number of hydrogen-bond donors (Lipinski definition) is 4. The van der Waals surface area contributed by atoms with Crippen LogP contribution in [-0.4, -0.2) is 82.4 Å². The Labute approximate surface area is 300 Å². The van der Waals surface area contributed by atoms with Gasteiger partial charge < -0.3 is 30.7 Å². The molecule has 1 aromatic carbocycles. The van der Waals surface area contributed by atoms with Gasteiger partial charge in [-0.05, 0) is 49.6 Å². The number of nitrogens with zero attached hydrogens (tertiary/aromatic N) is 2. The van der Waals surface area contributed by atoms with Crippen molar-refractivity contribution in [3.05, 3.63) is 52.0 Å². The molecule has 4 N–H and O–H groups in total. The summed E-state index contributed by atoms with van der Waals surface area (Å²) in [6, 6.07) is 7.63. The molecule has 3 rings (SSSR count). The minimum Gasteiger partial charge on any atom is -0.481 e. The highest BCUT2D eigenvalue weighted by molar-refractivity contribution is 7.09. The van der Waals surface area contributed by atoms with Crippen LogP contribution in [0.15, 0.2) is 35.7 Å². The predicted octanol–water partition coefficient (Wildman–Crippen LogP) is 4.75. The lowest BCUT2D eigenvalue weighted by atomic mass is 9.92. The number of carboxylic acids is 1. The van der Waals surface area contributed by atoms with E-state index in [1.165, 1.54) is 18.3 Å². The van der Waals surface area contributed by atoms with E-state index in [4.69, 9.17) is 4.74 Å². The zero-order chi connectivity index (χ0) is 37.0. The second kappa shape index (κ2) is 19.5. The van der Waals surface area contributed by atoms with E-state index in [0.29, 0.717) is 17.8 Å². The van der Waals surface area contributed by atoms with Gasteiger partial charge in [-0.1, -0.05) is 77.8 Å². The Kier molecular flexibility index (Phi) is 15.8. The van der Waals surface area contributed by atoms with Gasteiger partial charge in [0, 0.05) is 37.9 Å². The Balaban J connectivity index is 1.80. The Morgan fingerprint density at radius 2 is 1.76 bits per heavy atom. The van der Waals surface area contributed by atoms with Gasteiger partial charge in [-0.25, -0.2) is 4.98 Å². The summed E-state index contributed by atoms with van der Waals surface area (Å²) in [5, 5.41) is 20.8. The molecular weight excluding hydrogens is 659 g/mol. The number of carbonyl (C=O) groups excluding carboxylic acids is 4. The number of benzene rings is 1. The number of aliphatic carboxylic acids is 1. The van der Waals surface area contributed by atoms with Crippen molar-refractivity contribution in [1.82, 2.24) is 25.8 Å². The van der Waals surface area contributed by atoms with Crippen LogP contribution in [0.25, 0.3) is 0 Å². The number of aromatic nitrogens is 1. The number of ether oxygens (including phenoxy) is 1. The SMILES string of the molecule is CC[C@H](C)[C@@H](NC(=O)[C@@H]1CCCCN1)C(=O)N(C)[C@H](C[C@@H](OC(C)=O)c1nc(C(=O)N[C@@H](Cc2ccccc2)C[C@H](C)C(=O)O)cs1)C(C)C. The molecule has 7 atom stereocenters. The largest absolute Gasteiger partial charge is 0.481 e. The molecule has 1 saturated heterocycles. The number of carbonyl (C=O) groups is 5. The maximum Gasteiger partial charge on any atom is 0.306 e. The molecule has 0 aliphatic carbocycles. The molecule has 3 amide bonds. The normalized spacial score (nSPS) is 18.2. The molecule has 0 saturated carbocycles. The van der Waals surface area contributed by atoms with Gasteiger partial charge in [0.25, 0.3) is 5.91 Å². The third-order valence-corrected chi connectivity index (χ3v) is 10.5. The third-order valence-electron chi connectivity index (χ3n) is 9.53. The number of esters is 1. The van der Waals surface area contributed by atoms with Gasteiger partial charge in [0.05, 0.1) is 12.0 Å². The quantitative estimate of drug-likeness (QED) is 0.160. The van der Waals surface area contributed by atoms with Gasteiger partial charge >= 0.3 is 11.9 Å². The molecule has 1 aliphatic rings. The Morgan fingerprint density at radius 3 is 2.34 bits per heavy atom. The molecule has 2 aromatic rings. The molecule has 1 aliphatic heterocycles. The molecule has 13 heteroatoms. The van der Waals surface area contributed by atoms with Crippen LogP contribution in [0, 0.1) is 17.8 Å². The lowest BCUT2D eigenvalue weighted by Crippen LogP contribution is -2.57. The maximum atomic E-state index is 14.1. The predicted molar refractivity (Wildman–Crippen MR) is 192 cm³/mol. The zero-order valence-corrected chi connectivity index (χ0v) is 31.3. The van der Waals surface area contributed by atoms with Crippen LogP contribution in [0.3, 0.4) is 0 Å². The topological polar surface area (TPSA) is 167 Å². The zero-order valence-electron chi connectivity index (χ0n) is 30.4. The summed E-state index contributed by atoms with van der Waals surface area (Å²) in [5.41, 5.74) is 1.09. The van der Waals surface area contributed by atoms with Gasteiger partial charge in [-0.2, -0.15) is 0 Å². The molecule has 12 nitrogen and oxygen atoms in total. The lowest BCUT2D eigenvalue weighted by molar-refractivity contribution is -0.149. The highest BCUT2D eigenvalue weighted by atomic mass is 32.1. The minimum absolute atomic E-state index is 0.0481. The lowest BCUT2D eigenvalue weighted by Gasteiger charge is -2.37. The van der Waals surface area contributed by atoms with E-state index in [1.54, 1.807) is 24.3 Å². The first kappa shape index (κ1) is 40.6. The van der Waals surface area contributed by atoms with Gasteiger partial charge in [0.2, 0.25) is 11.8 Å². The van der Waals surface area contributed by atoms with E-state index in [9.17, 15) is 29.1 Å². The number of hydrogen-bond acceptors (Lipinski definition) is 9.